The standard InChI is InChI=1S/C28H38O2Si/c1-5-6-7-8-9-10-11-14-19-25(24-29)30-31(28(2,3)4,26-20-15-12-16-21-26)27-22-17-13-18-23-27/h9-10,12-25H,5-8,11H2,1-4H3/b10-9-,19-14-/t25-/m0/s1. The predicted molar refractivity (Wildman–Crippen MR) is 136 cm³/mol. The van der Waals surface area contributed by atoms with Crippen molar-refractivity contribution in [2.75, 3.05) is 0 Å². The predicted octanol–water partition coefficient (Wildman–Crippen LogP) is 6.21. The van der Waals surface area contributed by atoms with Crippen molar-refractivity contribution >= 4 is 25.0 Å². The van der Waals surface area contributed by atoms with Gasteiger partial charge in [-0.15, -0.1) is 0 Å². The summed E-state index contributed by atoms with van der Waals surface area (Å²) >= 11 is 0. The summed E-state index contributed by atoms with van der Waals surface area (Å²) in [6, 6.07) is 20.9. The van der Waals surface area contributed by atoms with Crippen LogP contribution in [0.25, 0.3) is 0 Å². The lowest BCUT2D eigenvalue weighted by Crippen LogP contribution is -2.67. The first-order valence-electron chi connectivity index (χ1n) is 11.5. The number of hydrogen-bond donors (Lipinski definition) is 0. The summed E-state index contributed by atoms with van der Waals surface area (Å²) in [5, 5.41) is 2.22. The van der Waals surface area contributed by atoms with Crippen molar-refractivity contribution in [2.24, 2.45) is 0 Å². The van der Waals surface area contributed by atoms with Gasteiger partial charge < -0.3 is 9.22 Å². The SMILES string of the molecule is CCCCC/C=C\C/C=C\[C@@H](C=O)O[Si](c1ccccc1)(c1ccccc1)C(C)(C)C. The Kier molecular flexibility index (Phi) is 10.2. The average Bonchev–Trinajstić information content (AvgIpc) is 2.78. The van der Waals surface area contributed by atoms with Gasteiger partial charge in [0, 0.05) is 0 Å². The number of hydrogen-bond acceptors (Lipinski definition) is 2. The molecule has 31 heavy (non-hydrogen) atoms. The van der Waals surface area contributed by atoms with E-state index in [1.54, 1.807) is 0 Å². The van der Waals surface area contributed by atoms with E-state index >= 15 is 0 Å². The number of aldehydes is 1. The topological polar surface area (TPSA) is 26.3 Å². The van der Waals surface area contributed by atoms with Gasteiger partial charge in [-0.3, -0.25) is 0 Å². The molecule has 0 aliphatic rings. The van der Waals surface area contributed by atoms with Crippen molar-refractivity contribution in [2.45, 2.75) is 70.9 Å². The van der Waals surface area contributed by atoms with Crippen LogP contribution in [-0.4, -0.2) is 20.7 Å². The van der Waals surface area contributed by atoms with Crippen molar-refractivity contribution in [3.63, 3.8) is 0 Å². The number of carbonyl (C=O) groups excluding carboxylic acids is 1. The second-order valence-corrected chi connectivity index (χ2v) is 13.3. The molecule has 0 saturated carbocycles. The molecule has 0 aliphatic carbocycles. The molecule has 0 spiro atoms. The third-order valence-corrected chi connectivity index (χ3v) is 10.6. The summed E-state index contributed by atoms with van der Waals surface area (Å²) in [4.78, 5) is 12.0. The normalized spacial score (nSPS) is 13.7. The lowest BCUT2D eigenvalue weighted by atomic mass is 10.2. The second kappa shape index (κ2) is 12.6. The Morgan fingerprint density at radius 1 is 0.871 bits per heavy atom. The van der Waals surface area contributed by atoms with E-state index in [9.17, 15) is 4.79 Å². The molecule has 1 atom stereocenters. The molecule has 2 nitrogen and oxygen atoms in total. The average molecular weight is 435 g/mol. The van der Waals surface area contributed by atoms with E-state index in [4.69, 9.17) is 4.43 Å². The lowest BCUT2D eigenvalue weighted by molar-refractivity contribution is -0.112. The third kappa shape index (κ3) is 6.88. The van der Waals surface area contributed by atoms with Crippen LogP contribution in [0.5, 0.6) is 0 Å². The Bertz CT molecular complexity index is 780. The van der Waals surface area contributed by atoms with Gasteiger partial charge in [0.1, 0.15) is 6.10 Å². The molecule has 2 aromatic carbocycles. The van der Waals surface area contributed by atoms with Crippen LogP contribution in [0.15, 0.2) is 85.0 Å². The Morgan fingerprint density at radius 3 is 1.94 bits per heavy atom. The molecule has 0 fully saturated rings. The summed E-state index contributed by atoms with van der Waals surface area (Å²) < 4.78 is 6.84. The van der Waals surface area contributed by atoms with Crippen LogP contribution < -0.4 is 10.4 Å². The molecule has 0 radical (unpaired) electrons. The summed E-state index contributed by atoms with van der Waals surface area (Å²) in [5.74, 6) is 0. The first-order valence-corrected chi connectivity index (χ1v) is 13.4. The largest absolute Gasteiger partial charge is 0.394 e. The maximum absolute atomic E-state index is 12.0. The molecule has 0 unspecified atom stereocenters. The van der Waals surface area contributed by atoms with Gasteiger partial charge in [-0.05, 0) is 34.7 Å². The van der Waals surface area contributed by atoms with Gasteiger partial charge in [-0.1, -0.05) is 126 Å². The van der Waals surface area contributed by atoms with Gasteiger partial charge >= 0.3 is 0 Å². The highest BCUT2D eigenvalue weighted by molar-refractivity contribution is 6.99. The molecule has 0 bridgehead atoms. The van der Waals surface area contributed by atoms with Gasteiger partial charge in [0.25, 0.3) is 8.32 Å². The van der Waals surface area contributed by atoms with E-state index in [0.29, 0.717) is 0 Å². The van der Waals surface area contributed by atoms with Gasteiger partial charge in [-0.25, -0.2) is 0 Å². The minimum Gasteiger partial charge on any atom is -0.394 e. The minimum atomic E-state index is -2.72. The van der Waals surface area contributed by atoms with Crippen molar-refractivity contribution in [1.82, 2.24) is 0 Å². The quantitative estimate of drug-likeness (QED) is 0.172. The molecular formula is C28H38O2Si. The molecule has 2 rings (SSSR count). The molecule has 2 aromatic rings. The molecule has 0 amide bonds. The molecule has 3 heteroatoms. The van der Waals surface area contributed by atoms with E-state index in [1.165, 1.54) is 29.6 Å². The van der Waals surface area contributed by atoms with Crippen molar-refractivity contribution in [1.29, 1.82) is 0 Å². The van der Waals surface area contributed by atoms with Crippen LogP contribution in [0.4, 0.5) is 0 Å². The summed E-state index contributed by atoms with van der Waals surface area (Å²) in [5.41, 5.74) is 0. The van der Waals surface area contributed by atoms with Gasteiger partial charge in [0.15, 0.2) is 6.29 Å². The van der Waals surface area contributed by atoms with Gasteiger partial charge in [0.05, 0.1) is 0 Å². The second-order valence-electron chi connectivity index (χ2n) is 9.01. The molecule has 0 N–H and O–H groups in total. The van der Waals surface area contributed by atoms with Crippen molar-refractivity contribution in [3.05, 3.63) is 85.0 Å². The lowest BCUT2D eigenvalue weighted by Gasteiger charge is -2.44. The number of benzene rings is 2. The molecule has 0 heterocycles. The van der Waals surface area contributed by atoms with E-state index < -0.39 is 14.4 Å². The maximum atomic E-state index is 12.0. The van der Waals surface area contributed by atoms with E-state index in [0.717, 1.165) is 19.1 Å². The fourth-order valence-corrected chi connectivity index (χ4v) is 8.58. The first kappa shape index (κ1) is 25.0. The highest BCUT2D eigenvalue weighted by Crippen LogP contribution is 2.37. The van der Waals surface area contributed by atoms with Crippen LogP contribution in [0.1, 0.15) is 59.8 Å². The van der Waals surface area contributed by atoms with Crippen molar-refractivity contribution < 1.29 is 9.22 Å². The Balaban J connectivity index is 2.30. The highest BCUT2D eigenvalue weighted by Gasteiger charge is 2.51. The summed E-state index contributed by atoms with van der Waals surface area (Å²) in [6.45, 7) is 8.90. The molecular weight excluding hydrogens is 396 g/mol. The van der Waals surface area contributed by atoms with Crippen LogP contribution in [0.2, 0.25) is 5.04 Å². The van der Waals surface area contributed by atoms with E-state index in [2.05, 4.69) is 88.4 Å². The third-order valence-electron chi connectivity index (χ3n) is 5.60. The summed E-state index contributed by atoms with van der Waals surface area (Å²) in [6.07, 6.45) is 14.4. The zero-order valence-electron chi connectivity index (χ0n) is 19.6. The van der Waals surface area contributed by atoms with Crippen molar-refractivity contribution in [3.8, 4) is 0 Å². The van der Waals surface area contributed by atoms with E-state index in [1.807, 2.05) is 24.3 Å². The zero-order valence-corrected chi connectivity index (χ0v) is 20.6. The number of rotatable bonds is 12. The van der Waals surface area contributed by atoms with E-state index in [-0.39, 0.29) is 5.04 Å². The first-order chi connectivity index (χ1) is 15.0. The number of carbonyl (C=O) groups is 1. The fourth-order valence-electron chi connectivity index (χ4n) is 4.03. The zero-order chi connectivity index (χ0) is 22.6. The summed E-state index contributed by atoms with van der Waals surface area (Å²) in [7, 11) is -2.72. The highest BCUT2D eigenvalue weighted by atomic mass is 28.4. The Hall–Kier alpha value is -2.23. The smallest absolute Gasteiger partial charge is 0.262 e. The van der Waals surface area contributed by atoms with Gasteiger partial charge in [-0.2, -0.15) is 0 Å². The fraction of sp³-hybridized carbons (Fsp3) is 0.393. The Morgan fingerprint density at radius 2 is 1.45 bits per heavy atom. The molecule has 166 valence electrons. The van der Waals surface area contributed by atoms with Crippen LogP contribution >= 0.6 is 0 Å². The van der Waals surface area contributed by atoms with Crippen LogP contribution in [0.3, 0.4) is 0 Å². The molecule has 0 saturated heterocycles. The monoisotopic (exact) mass is 434 g/mol. The molecule has 0 aliphatic heterocycles. The molecule has 0 aromatic heterocycles. The van der Waals surface area contributed by atoms with Gasteiger partial charge in [0.2, 0.25) is 0 Å². The number of unbranched alkanes of at least 4 members (excludes halogenated alkanes) is 3. The maximum Gasteiger partial charge on any atom is 0.262 e. The Labute approximate surface area is 190 Å². The van der Waals surface area contributed by atoms with Crippen LogP contribution in [-0.2, 0) is 9.22 Å². The van der Waals surface area contributed by atoms with Crippen LogP contribution in [0, 0.1) is 0 Å². The number of allylic oxidation sites excluding steroid dienone is 3. The minimum absolute atomic E-state index is 0.149.